The van der Waals surface area contributed by atoms with E-state index in [9.17, 15) is 4.79 Å². The van der Waals surface area contributed by atoms with E-state index in [0.29, 0.717) is 17.9 Å². The Morgan fingerprint density at radius 2 is 1.84 bits per heavy atom. The summed E-state index contributed by atoms with van der Waals surface area (Å²) in [5.74, 6) is 0.809. The van der Waals surface area contributed by atoms with Gasteiger partial charge in [0.2, 0.25) is 0 Å². The van der Waals surface area contributed by atoms with Gasteiger partial charge in [0.1, 0.15) is 12.3 Å². The van der Waals surface area contributed by atoms with Gasteiger partial charge in [-0.2, -0.15) is 5.26 Å². The van der Waals surface area contributed by atoms with Crippen molar-refractivity contribution in [2.45, 2.75) is 26.4 Å². The van der Waals surface area contributed by atoms with Gasteiger partial charge in [-0.1, -0.05) is 0 Å². The summed E-state index contributed by atoms with van der Waals surface area (Å²) in [4.78, 5) is 13.5. The van der Waals surface area contributed by atoms with Gasteiger partial charge < -0.3 is 15.0 Å². The first-order chi connectivity index (χ1) is 12.0. The van der Waals surface area contributed by atoms with Gasteiger partial charge in [0.05, 0.1) is 25.3 Å². The highest BCUT2D eigenvalue weighted by Crippen LogP contribution is 2.11. The molecule has 2 aromatic carbocycles. The van der Waals surface area contributed by atoms with Crippen LogP contribution >= 0.6 is 0 Å². The van der Waals surface area contributed by atoms with E-state index in [1.54, 1.807) is 24.3 Å². The average molecular weight is 338 g/mol. The number of hydrogen-bond acceptors (Lipinski definition) is 3. The molecule has 2 N–H and O–H groups in total. The molecule has 5 heteroatoms. The molecular formula is C20H24N3O2+. The Morgan fingerprint density at radius 3 is 2.40 bits per heavy atom. The highest BCUT2D eigenvalue weighted by molar-refractivity contribution is 5.93. The normalized spacial score (nSPS) is 12.7. The molecule has 0 aromatic heterocycles. The number of nitrogens with one attached hydrogen (secondary N) is 2. The second kappa shape index (κ2) is 8.86. The summed E-state index contributed by atoms with van der Waals surface area (Å²) in [5, 5.41) is 11.7. The number of carbonyl (C=O) groups is 1. The fraction of sp³-hybridized carbons (Fsp3) is 0.300. The van der Waals surface area contributed by atoms with Crippen molar-refractivity contribution in [1.29, 1.82) is 5.26 Å². The maximum Gasteiger partial charge on any atom is 0.282 e. The molecular weight excluding hydrogens is 314 g/mol. The molecule has 2 aromatic rings. The van der Waals surface area contributed by atoms with Gasteiger partial charge in [-0.15, -0.1) is 0 Å². The van der Waals surface area contributed by atoms with Gasteiger partial charge in [-0.25, -0.2) is 0 Å². The number of rotatable bonds is 7. The zero-order valence-electron chi connectivity index (χ0n) is 14.9. The molecule has 0 aliphatic rings. The fourth-order valence-corrected chi connectivity index (χ4v) is 2.45. The minimum atomic E-state index is -0.206. The summed E-state index contributed by atoms with van der Waals surface area (Å²) in [6.07, 6.45) is 0. The molecule has 0 spiro atoms. The van der Waals surface area contributed by atoms with Crippen LogP contribution in [0.3, 0.4) is 0 Å². The Hall–Kier alpha value is -2.84. The molecule has 25 heavy (non-hydrogen) atoms. The van der Waals surface area contributed by atoms with Crippen LogP contribution in [0.4, 0.5) is 5.69 Å². The average Bonchev–Trinajstić information content (AvgIpc) is 2.63. The minimum absolute atomic E-state index is 0.0480. The largest absolute Gasteiger partial charge is 0.494 e. The monoisotopic (exact) mass is 338 g/mol. The van der Waals surface area contributed by atoms with E-state index in [1.807, 2.05) is 45.2 Å². The first-order valence-electron chi connectivity index (χ1n) is 8.38. The summed E-state index contributed by atoms with van der Waals surface area (Å²) in [6.45, 7) is 5.26. The number of benzene rings is 2. The number of likely N-dealkylation sites (N-methyl/N-ethyl adjacent to an activating group) is 1. The maximum atomic E-state index is 12.4. The maximum absolute atomic E-state index is 12.4. The lowest BCUT2D eigenvalue weighted by atomic mass is 10.1. The highest BCUT2D eigenvalue weighted by Gasteiger charge is 2.22. The van der Waals surface area contributed by atoms with Crippen molar-refractivity contribution in [3.05, 3.63) is 59.7 Å². The molecule has 1 unspecified atom stereocenters. The zero-order chi connectivity index (χ0) is 18.2. The van der Waals surface area contributed by atoms with Crippen molar-refractivity contribution in [2.75, 3.05) is 19.0 Å². The van der Waals surface area contributed by atoms with Gasteiger partial charge >= 0.3 is 0 Å². The number of ether oxygens (including phenoxy) is 1. The Kier molecular flexibility index (Phi) is 6.55. The molecule has 0 aliphatic carbocycles. The van der Waals surface area contributed by atoms with Crippen molar-refractivity contribution in [3.63, 3.8) is 0 Å². The van der Waals surface area contributed by atoms with Crippen LogP contribution in [0, 0.1) is 11.3 Å². The predicted molar refractivity (Wildman–Crippen MR) is 97.5 cm³/mol. The number of carbonyl (C=O) groups excluding carboxylic acids is 1. The van der Waals surface area contributed by atoms with Crippen molar-refractivity contribution < 1.29 is 14.4 Å². The second-order valence-electron chi connectivity index (χ2n) is 6.00. The number of anilines is 1. The first kappa shape index (κ1) is 18.5. The van der Waals surface area contributed by atoms with Crippen molar-refractivity contribution in [3.8, 4) is 11.8 Å². The number of hydrogen-bond donors (Lipinski definition) is 2. The van der Waals surface area contributed by atoms with Crippen LogP contribution in [0.2, 0.25) is 0 Å². The van der Waals surface area contributed by atoms with Gasteiger partial charge in [0.25, 0.3) is 5.91 Å². The predicted octanol–water partition coefficient (Wildman–Crippen LogP) is 2.00. The van der Waals surface area contributed by atoms with E-state index >= 15 is 0 Å². The van der Waals surface area contributed by atoms with E-state index < -0.39 is 0 Å². The Morgan fingerprint density at radius 1 is 1.20 bits per heavy atom. The molecule has 0 saturated carbocycles. The SMILES string of the molecule is CCOc1ccc(C[NH+](C)[C@H](C)C(=O)Nc2ccc(C#N)cc2)cc1. The number of nitriles is 1. The molecule has 0 fully saturated rings. The van der Waals surface area contributed by atoms with E-state index in [2.05, 4.69) is 11.4 Å². The van der Waals surface area contributed by atoms with E-state index in [4.69, 9.17) is 10.00 Å². The Labute approximate surface area is 148 Å². The van der Waals surface area contributed by atoms with Crippen LogP contribution in [0.25, 0.3) is 0 Å². The third-order valence-electron chi connectivity index (χ3n) is 4.13. The third kappa shape index (κ3) is 5.33. The molecule has 130 valence electrons. The van der Waals surface area contributed by atoms with Gasteiger partial charge in [0.15, 0.2) is 6.04 Å². The van der Waals surface area contributed by atoms with Crippen LogP contribution in [-0.4, -0.2) is 25.6 Å². The second-order valence-corrected chi connectivity index (χ2v) is 6.00. The molecule has 2 atom stereocenters. The van der Waals surface area contributed by atoms with E-state index in [-0.39, 0.29) is 11.9 Å². The lowest BCUT2D eigenvalue weighted by molar-refractivity contribution is -0.907. The number of quaternary nitrogens is 1. The van der Waals surface area contributed by atoms with Crippen LogP contribution in [-0.2, 0) is 11.3 Å². The van der Waals surface area contributed by atoms with E-state index in [1.165, 1.54) is 0 Å². The number of amides is 1. The number of nitrogens with zero attached hydrogens (tertiary/aromatic N) is 1. The lowest BCUT2D eigenvalue weighted by Crippen LogP contribution is -3.12. The summed E-state index contributed by atoms with van der Waals surface area (Å²) >= 11 is 0. The standard InChI is InChI=1S/C20H23N3O2/c1-4-25-19-11-7-17(8-12-19)14-23(3)15(2)20(24)22-18-9-5-16(13-21)6-10-18/h5-12,15H,4,14H2,1-3H3,(H,22,24)/p+1/t15-/m1/s1. The topological polar surface area (TPSA) is 66.6 Å². The Bertz CT molecular complexity index is 733. The van der Waals surface area contributed by atoms with Crippen LogP contribution in [0.1, 0.15) is 25.0 Å². The molecule has 0 saturated heterocycles. The molecule has 1 amide bonds. The molecule has 5 nitrogen and oxygen atoms in total. The lowest BCUT2D eigenvalue weighted by Gasteiger charge is -2.21. The van der Waals surface area contributed by atoms with Crippen molar-refractivity contribution in [2.24, 2.45) is 0 Å². The fourth-order valence-electron chi connectivity index (χ4n) is 2.45. The van der Waals surface area contributed by atoms with E-state index in [0.717, 1.165) is 22.8 Å². The summed E-state index contributed by atoms with van der Waals surface area (Å²) in [5.41, 5.74) is 2.42. The molecule has 0 heterocycles. The summed E-state index contributed by atoms with van der Waals surface area (Å²) in [6, 6.07) is 16.7. The van der Waals surface area contributed by atoms with Crippen LogP contribution in [0.15, 0.2) is 48.5 Å². The summed E-state index contributed by atoms with van der Waals surface area (Å²) in [7, 11) is 2.00. The molecule has 0 bridgehead atoms. The summed E-state index contributed by atoms with van der Waals surface area (Å²) < 4.78 is 5.44. The van der Waals surface area contributed by atoms with Crippen molar-refractivity contribution >= 4 is 11.6 Å². The van der Waals surface area contributed by atoms with Crippen molar-refractivity contribution in [1.82, 2.24) is 0 Å². The first-order valence-corrected chi connectivity index (χ1v) is 8.38. The van der Waals surface area contributed by atoms with Crippen LogP contribution in [0.5, 0.6) is 5.75 Å². The molecule has 0 radical (unpaired) electrons. The minimum Gasteiger partial charge on any atom is -0.494 e. The molecule has 2 rings (SSSR count). The highest BCUT2D eigenvalue weighted by atomic mass is 16.5. The van der Waals surface area contributed by atoms with Crippen LogP contribution < -0.4 is 15.0 Å². The smallest absolute Gasteiger partial charge is 0.282 e. The van der Waals surface area contributed by atoms with Gasteiger partial charge in [-0.3, -0.25) is 4.79 Å². The molecule has 0 aliphatic heterocycles. The quantitative estimate of drug-likeness (QED) is 0.811. The zero-order valence-corrected chi connectivity index (χ0v) is 14.9. The van der Waals surface area contributed by atoms with Gasteiger partial charge in [0, 0.05) is 11.3 Å². The Balaban J connectivity index is 1.92. The third-order valence-corrected chi connectivity index (χ3v) is 4.13. The van der Waals surface area contributed by atoms with Gasteiger partial charge in [-0.05, 0) is 62.4 Å².